The highest BCUT2D eigenvalue weighted by atomic mass is 16.7. The van der Waals surface area contributed by atoms with Crippen LogP contribution in [-0.2, 0) is 34.7 Å². The van der Waals surface area contributed by atoms with Gasteiger partial charge in [-0.25, -0.2) is 14.4 Å². The molecule has 0 saturated heterocycles. The molecule has 0 amide bonds. The summed E-state index contributed by atoms with van der Waals surface area (Å²) in [6.07, 6.45) is 3.30. The van der Waals surface area contributed by atoms with E-state index in [0.717, 1.165) is 63.1 Å². The number of ether oxygens (including phenoxy) is 4. The number of esters is 3. The number of unbranched alkanes of at least 4 members (excludes halogenated alkanes) is 2. The molecule has 0 spiro atoms. The molecule has 260 valence electrons. The second-order valence-corrected chi connectivity index (χ2v) is 13.3. The first-order valence-corrected chi connectivity index (χ1v) is 16.4. The Balaban J connectivity index is 1.72. The van der Waals surface area contributed by atoms with Crippen LogP contribution < -0.4 is 9.47 Å². The van der Waals surface area contributed by atoms with E-state index in [1.165, 1.54) is 0 Å². The van der Waals surface area contributed by atoms with E-state index >= 15 is 0 Å². The van der Waals surface area contributed by atoms with Crippen LogP contribution in [0.15, 0.2) is 73.8 Å². The molecular weight excluding hydrogens is 620 g/mol. The zero-order valence-electron chi connectivity index (χ0n) is 30.0. The number of carbonyl (C=O) groups excluding carboxylic acids is 4. The fourth-order valence-electron chi connectivity index (χ4n) is 5.75. The molecule has 3 rings (SSSR count). The van der Waals surface area contributed by atoms with Gasteiger partial charge >= 0.3 is 24.1 Å². The molecule has 0 unspecified atom stereocenters. The third-order valence-corrected chi connectivity index (χ3v) is 8.88. The molecule has 0 saturated carbocycles. The first-order chi connectivity index (χ1) is 23.0. The minimum atomic E-state index is -1.10. The molecule has 0 N–H and O–H groups in total. The highest BCUT2D eigenvalue weighted by Gasteiger charge is 2.29. The van der Waals surface area contributed by atoms with Crippen LogP contribution >= 0.6 is 0 Å². The van der Waals surface area contributed by atoms with E-state index in [0.29, 0.717) is 30.9 Å². The quantitative estimate of drug-likeness (QED) is 0.0419. The molecular formula is C41H48O8. The fourth-order valence-corrected chi connectivity index (χ4v) is 5.75. The van der Waals surface area contributed by atoms with Crippen LogP contribution in [-0.4, -0.2) is 30.7 Å². The summed E-state index contributed by atoms with van der Waals surface area (Å²) in [7, 11) is 0. The SMILES string of the molecule is C=CC(=O)OCCCCCC(=O)Oc1c(C)cc(C(C)(C)c2ccc(C(C)(C)c3cc(C)c(OC(=O)OC(=O)C=C)c(C)c3)cc2)cc1C. The van der Waals surface area contributed by atoms with Crippen molar-refractivity contribution in [2.24, 2.45) is 0 Å². The number of hydrogen-bond acceptors (Lipinski definition) is 8. The van der Waals surface area contributed by atoms with Crippen molar-refractivity contribution in [1.29, 1.82) is 0 Å². The lowest BCUT2D eigenvalue weighted by Gasteiger charge is -2.31. The number of aryl methyl sites for hydroxylation is 4. The Kier molecular flexibility index (Phi) is 12.9. The van der Waals surface area contributed by atoms with Crippen LogP contribution in [0.25, 0.3) is 0 Å². The van der Waals surface area contributed by atoms with Gasteiger partial charge in [0.2, 0.25) is 0 Å². The van der Waals surface area contributed by atoms with Crippen molar-refractivity contribution in [1.82, 2.24) is 0 Å². The first kappa shape index (κ1) is 38.5. The molecule has 3 aromatic rings. The van der Waals surface area contributed by atoms with Crippen molar-refractivity contribution in [2.75, 3.05) is 6.61 Å². The standard InChI is InChI=1S/C41H48O8/c1-11-34(42)46-21-15-13-14-16-36(44)47-37-26(3)22-32(23-27(37)4)40(7,8)30-17-19-31(20-18-30)41(9,10)33-24-28(5)38(29(6)25-33)49-39(45)48-35(43)12-2/h11-12,17-20,22-25H,1-2,13-16,21H2,3-10H3. The van der Waals surface area contributed by atoms with Crippen LogP contribution in [0.3, 0.4) is 0 Å². The number of benzene rings is 3. The smallest absolute Gasteiger partial charge is 0.463 e. The van der Waals surface area contributed by atoms with Gasteiger partial charge in [-0.15, -0.1) is 0 Å². The van der Waals surface area contributed by atoms with Gasteiger partial charge in [0.15, 0.2) is 0 Å². The highest BCUT2D eigenvalue weighted by Crippen LogP contribution is 2.39. The Labute approximate surface area is 290 Å². The van der Waals surface area contributed by atoms with Gasteiger partial charge in [0.25, 0.3) is 0 Å². The predicted molar refractivity (Wildman–Crippen MR) is 190 cm³/mol. The van der Waals surface area contributed by atoms with Crippen molar-refractivity contribution in [2.45, 2.75) is 91.9 Å². The van der Waals surface area contributed by atoms with Gasteiger partial charge in [-0.05, 0) is 91.5 Å². The summed E-state index contributed by atoms with van der Waals surface area (Å²) in [6, 6.07) is 16.7. The molecule has 0 heterocycles. The van der Waals surface area contributed by atoms with Crippen molar-refractivity contribution in [3.8, 4) is 11.5 Å². The van der Waals surface area contributed by atoms with Crippen molar-refractivity contribution in [3.05, 3.63) is 118 Å². The van der Waals surface area contributed by atoms with E-state index < -0.39 is 18.1 Å². The molecule has 0 atom stereocenters. The Morgan fingerprint density at radius 3 is 1.47 bits per heavy atom. The van der Waals surface area contributed by atoms with Gasteiger partial charge in [-0.3, -0.25) is 4.79 Å². The molecule has 0 aliphatic rings. The van der Waals surface area contributed by atoms with Crippen LogP contribution in [0.5, 0.6) is 11.5 Å². The number of rotatable bonds is 14. The summed E-state index contributed by atoms with van der Waals surface area (Å²) in [5.74, 6) is -0.660. The second-order valence-electron chi connectivity index (χ2n) is 13.3. The maximum absolute atomic E-state index is 12.6. The summed E-state index contributed by atoms with van der Waals surface area (Å²) < 4.78 is 20.6. The maximum Gasteiger partial charge on any atom is 0.521 e. The van der Waals surface area contributed by atoms with E-state index in [2.05, 4.69) is 82.0 Å². The van der Waals surface area contributed by atoms with Crippen molar-refractivity contribution >= 4 is 24.1 Å². The normalized spacial score (nSPS) is 11.3. The predicted octanol–water partition coefficient (Wildman–Crippen LogP) is 9.00. The lowest BCUT2D eigenvalue weighted by molar-refractivity contribution is -0.138. The van der Waals surface area contributed by atoms with Crippen molar-refractivity contribution < 1.29 is 38.1 Å². The maximum atomic E-state index is 12.6. The summed E-state index contributed by atoms with van der Waals surface area (Å²) in [6.45, 7) is 23.2. The molecule has 0 aliphatic heterocycles. The monoisotopic (exact) mass is 668 g/mol. The molecule has 0 fully saturated rings. The van der Waals surface area contributed by atoms with Gasteiger partial charge in [-0.1, -0.05) is 89.4 Å². The number of hydrogen-bond donors (Lipinski definition) is 0. The summed E-state index contributed by atoms with van der Waals surface area (Å²) in [4.78, 5) is 47.1. The van der Waals surface area contributed by atoms with Crippen molar-refractivity contribution in [3.63, 3.8) is 0 Å². The second kappa shape index (κ2) is 16.4. The Bertz CT molecular complexity index is 1680. The van der Waals surface area contributed by atoms with Crippen LogP contribution in [0, 0.1) is 27.7 Å². The van der Waals surface area contributed by atoms with E-state index in [4.69, 9.17) is 14.2 Å². The van der Waals surface area contributed by atoms with Gasteiger partial charge in [-0.2, -0.15) is 0 Å². The Hall–Kier alpha value is -4.98. The third kappa shape index (κ3) is 9.78. The zero-order valence-corrected chi connectivity index (χ0v) is 30.0. The molecule has 0 aromatic heterocycles. The van der Waals surface area contributed by atoms with Gasteiger partial charge < -0.3 is 18.9 Å². The van der Waals surface area contributed by atoms with E-state index in [1.54, 1.807) is 0 Å². The Morgan fingerprint density at radius 2 is 1.04 bits per heavy atom. The fraction of sp³-hybridized carbons (Fsp3) is 0.366. The van der Waals surface area contributed by atoms with E-state index in [-0.39, 0.29) is 23.2 Å². The molecule has 0 aliphatic carbocycles. The molecule has 49 heavy (non-hydrogen) atoms. The van der Waals surface area contributed by atoms with Gasteiger partial charge in [0.1, 0.15) is 11.5 Å². The molecule has 3 aromatic carbocycles. The molecule has 8 nitrogen and oxygen atoms in total. The van der Waals surface area contributed by atoms with E-state index in [1.807, 2.05) is 39.8 Å². The minimum Gasteiger partial charge on any atom is -0.463 e. The number of carbonyl (C=O) groups is 4. The van der Waals surface area contributed by atoms with E-state index in [9.17, 15) is 19.2 Å². The summed E-state index contributed by atoms with van der Waals surface area (Å²) >= 11 is 0. The van der Waals surface area contributed by atoms with Crippen LogP contribution in [0.4, 0.5) is 4.79 Å². The molecule has 0 radical (unpaired) electrons. The summed E-state index contributed by atoms with van der Waals surface area (Å²) in [5.41, 5.74) is 6.98. The summed E-state index contributed by atoms with van der Waals surface area (Å²) in [5, 5.41) is 0. The minimum absolute atomic E-state index is 0.283. The van der Waals surface area contributed by atoms with Gasteiger partial charge in [0.05, 0.1) is 6.61 Å². The van der Waals surface area contributed by atoms with Gasteiger partial charge in [0, 0.05) is 29.4 Å². The lowest BCUT2D eigenvalue weighted by Crippen LogP contribution is -2.22. The molecule has 0 bridgehead atoms. The Morgan fingerprint density at radius 1 is 0.612 bits per heavy atom. The topological polar surface area (TPSA) is 105 Å². The largest absolute Gasteiger partial charge is 0.521 e. The zero-order chi connectivity index (χ0) is 36.5. The van der Waals surface area contributed by atoms with Crippen LogP contribution in [0.1, 0.15) is 97.9 Å². The molecule has 8 heteroatoms. The lowest BCUT2D eigenvalue weighted by atomic mass is 9.74. The average molecular weight is 669 g/mol. The van der Waals surface area contributed by atoms with Crippen LogP contribution in [0.2, 0.25) is 0 Å². The first-order valence-electron chi connectivity index (χ1n) is 16.4. The third-order valence-electron chi connectivity index (χ3n) is 8.88. The average Bonchev–Trinajstić information content (AvgIpc) is 3.05. The highest BCUT2D eigenvalue weighted by molar-refractivity contribution is 5.90.